The molecule has 1 aromatic carbocycles. The molecule has 0 spiro atoms. The number of aromatic nitrogens is 1. The summed E-state index contributed by atoms with van der Waals surface area (Å²) in [6.45, 7) is 0. The van der Waals surface area contributed by atoms with Crippen LogP contribution in [0.2, 0.25) is 0 Å². The third-order valence-electron chi connectivity index (χ3n) is 2.73. The van der Waals surface area contributed by atoms with Gasteiger partial charge in [0.1, 0.15) is 0 Å². The van der Waals surface area contributed by atoms with Crippen LogP contribution in [-0.2, 0) is 6.42 Å². The molecule has 0 fully saturated rings. The van der Waals surface area contributed by atoms with Gasteiger partial charge in [0.25, 0.3) is 0 Å². The Hall–Kier alpha value is -0.810. The van der Waals surface area contributed by atoms with Gasteiger partial charge < -0.3 is 6.53 Å². The molecule has 3 nitrogen and oxygen atoms in total. The van der Waals surface area contributed by atoms with Crippen molar-refractivity contribution < 1.29 is 40.9 Å². The number of hydrogen-bond donors (Lipinski definition) is 1. The minimum Gasteiger partial charge on any atom is -1.00 e. The number of aromatic carboxylic acids is 1. The number of carboxylic acid groups (broad SMARTS) is 1. The van der Waals surface area contributed by atoms with Gasteiger partial charge in [-0.15, -0.1) is 11.8 Å². The van der Waals surface area contributed by atoms with Crippen molar-refractivity contribution in [3.8, 4) is 0 Å². The molecule has 20 heavy (non-hydrogen) atoms. The Morgan fingerprint density at radius 1 is 1.15 bits per heavy atom. The van der Waals surface area contributed by atoms with E-state index in [1.165, 1.54) is 5.56 Å². The van der Waals surface area contributed by atoms with Gasteiger partial charge in [0.15, 0.2) is 0 Å². The molecule has 0 aliphatic carbocycles. The average Bonchev–Trinajstić information content (AvgIpc) is 2.45. The summed E-state index contributed by atoms with van der Waals surface area (Å²) in [6.07, 6.45) is 5.76. The van der Waals surface area contributed by atoms with Crippen molar-refractivity contribution in [3.63, 3.8) is 0 Å². The van der Waals surface area contributed by atoms with E-state index in [0.29, 0.717) is 5.56 Å². The summed E-state index contributed by atoms with van der Waals surface area (Å²) in [7, 11) is 0. The van der Waals surface area contributed by atoms with E-state index < -0.39 is 5.97 Å². The van der Waals surface area contributed by atoms with Gasteiger partial charge in [-0.25, -0.2) is 4.79 Å². The predicted octanol–water partition coefficient (Wildman–Crippen LogP) is 0.621. The van der Waals surface area contributed by atoms with Gasteiger partial charge in [0.05, 0.1) is 5.56 Å². The Bertz CT molecular complexity index is 537. The smallest absolute Gasteiger partial charge is 1.00 e. The van der Waals surface area contributed by atoms with Gasteiger partial charge in [-0.2, -0.15) is 0 Å². The van der Waals surface area contributed by atoms with E-state index in [4.69, 9.17) is 5.11 Å². The Kier molecular flexibility index (Phi) is 7.92. The molecule has 0 bridgehead atoms. The molecule has 2 aromatic rings. The molecular weight excluding hydrogens is 281 g/mol. The van der Waals surface area contributed by atoms with Crippen LogP contribution in [0.25, 0.3) is 0 Å². The second-order valence-corrected chi connectivity index (χ2v) is 5.31. The first-order chi connectivity index (χ1) is 9.25. The molecule has 0 saturated carbocycles. The Morgan fingerprint density at radius 2 is 1.80 bits per heavy atom. The number of benzene rings is 1. The third-order valence-corrected chi connectivity index (χ3v) is 3.83. The van der Waals surface area contributed by atoms with Crippen LogP contribution in [0.15, 0.2) is 53.7 Å². The second kappa shape index (κ2) is 9.19. The SMILES string of the molecule is O=C(O)c1ccc(SCCCc2ccncc2)cc1.[H-].[Na+]. The molecule has 1 aromatic heterocycles. The van der Waals surface area contributed by atoms with Crippen LogP contribution in [0.5, 0.6) is 0 Å². The average molecular weight is 297 g/mol. The zero-order chi connectivity index (χ0) is 13.5. The van der Waals surface area contributed by atoms with Crippen molar-refractivity contribution >= 4 is 17.7 Å². The summed E-state index contributed by atoms with van der Waals surface area (Å²) in [5.74, 6) is 0.142. The van der Waals surface area contributed by atoms with Crippen molar-refractivity contribution in [3.05, 3.63) is 59.9 Å². The minimum atomic E-state index is -0.880. The number of nitrogens with zero attached hydrogens (tertiary/aromatic N) is 1. The number of carbonyl (C=O) groups is 1. The fourth-order valence-electron chi connectivity index (χ4n) is 1.71. The standard InChI is InChI=1S/C15H15NO2S.Na.H/c17-15(18)13-3-5-14(6-4-13)19-11-1-2-12-7-9-16-10-8-12;;/h3-10H,1-2,11H2,(H,17,18);;/q;+1;-1. The van der Waals surface area contributed by atoms with E-state index in [9.17, 15) is 4.79 Å². The van der Waals surface area contributed by atoms with Gasteiger partial charge in [0.2, 0.25) is 0 Å². The molecule has 1 heterocycles. The zero-order valence-corrected chi connectivity index (χ0v) is 14.3. The molecule has 0 saturated heterocycles. The first-order valence-electron chi connectivity index (χ1n) is 6.11. The van der Waals surface area contributed by atoms with E-state index in [2.05, 4.69) is 4.98 Å². The number of pyridine rings is 1. The fourth-order valence-corrected chi connectivity index (χ4v) is 2.56. The van der Waals surface area contributed by atoms with Crippen molar-refractivity contribution in [1.29, 1.82) is 0 Å². The van der Waals surface area contributed by atoms with E-state index >= 15 is 0 Å². The number of aryl methyl sites for hydroxylation is 1. The summed E-state index contributed by atoms with van der Waals surface area (Å²) < 4.78 is 0. The maximum atomic E-state index is 10.7. The van der Waals surface area contributed by atoms with E-state index in [1.807, 2.05) is 36.7 Å². The number of rotatable bonds is 6. The molecule has 0 radical (unpaired) electrons. The van der Waals surface area contributed by atoms with E-state index in [1.54, 1.807) is 23.9 Å². The van der Waals surface area contributed by atoms with Gasteiger partial charge >= 0.3 is 35.5 Å². The summed E-state index contributed by atoms with van der Waals surface area (Å²) in [5.41, 5.74) is 1.64. The van der Waals surface area contributed by atoms with Crippen LogP contribution < -0.4 is 29.6 Å². The molecule has 0 unspecified atom stereocenters. The molecule has 0 atom stereocenters. The molecule has 5 heteroatoms. The Balaban J connectivity index is 0.00000200. The van der Waals surface area contributed by atoms with Gasteiger partial charge in [-0.3, -0.25) is 4.98 Å². The maximum absolute atomic E-state index is 10.7. The van der Waals surface area contributed by atoms with Gasteiger partial charge in [-0.1, -0.05) is 0 Å². The summed E-state index contributed by atoms with van der Waals surface area (Å²) >= 11 is 1.75. The topological polar surface area (TPSA) is 50.2 Å². The van der Waals surface area contributed by atoms with Crippen LogP contribution in [-0.4, -0.2) is 21.8 Å². The van der Waals surface area contributed by atoms with Crippen LogP contribution >= 0.6 is 11.8 Å². The number of thioether (sulfide) groups is 1. The molecule has 0 aliphatic rings. The summed E-state index contributed by atoms with van der Waals surface area (Å²) in [4.78, 5) is 15.8. The molecule has 2 rings (SSSR count). The zero-order valence-electron chi connectivity index (χ0n) is 12.5. The maximum Gasteiger partial charge on any atom is 1.00 e. The van der Waals surface area contributed by atoms with Crippen molar-refractivity contribution in [2.24, 2.45) is 0 Å². The number of hydrogen-bond acceptors (Lipinski definition) is 3. The van der Waals surface area contributed by atoms with Crippen molar-refractivity contribution in [2.75, 3.05) is 5.75 Å². The first-order valence-corrected chi connectivity index (χ1v) is 7.09. The number of carboxylic acids is 1. The molecule has 100 valence electrons. The summed E-state index contributed by atoms with van der Waals surface area (Å²) in [5, 5.41) is 8.80. The predicted molar refractivity (Wildman–Crippen MR) is 77.8 cm³/mol. The molecule has 0 aliphatic heterocycles. The van der Waals surface area contributed by atoms with Crippen LogP contribution in [0.1, 0.15) is 23.8 Å². The summed E-state index contributed by atoms with van der Waals surface area (Å²) in [6, 6.07) is 11.1. The minimum absolute atomic E-state index is 0. The molecule has 1 N–H and O–H groups in total. The Labute approximate surface area is 146 Å². The van der Waals surface area contributed by atoms with E-state index in [0.717, 1.165) is 23.5 Å². The monoisotopic (exact) mass is 297 g/mol. The second-order valence-electron chi connectivity index (χ2n) is 4.14. The van der Waals surface area contributed by atoms with Crippen LogP contribution in [0.4, 0.5) is 0 Å². The molecule has 0 amide bonds. The quantitative estimate of drug-likeness (QED) is 0.482. The van der Waals surface area contributed by atoms with E-state index in [-0.39, 0.29) is 31.0 Å². The van der Waals surface area contributed by atoms with Crippen molar-refractivity contribution in [2.45, 2.75) is 17.7 Å². The molecular formula is C15H16NNaO2S. The van der Waals surface area contributed by atoms with Crippen LogP contribution in [0, 0.1) is 0 Å². The largest absolute Gasteiger partial charge is 1.00 e. The van der Waals surface area contributed by atoms with Gasteiger partial charge in [0, 0.05) is 17.3 Å². The van der Waals surface area contributed by atoms with Crippen molar-refractivity contribution in [1.82, 2.24) is 4.98 Å². The first kappa shape index (κ1) is 17.2. The fraction of sp³-hybridized carbons (Fsp3) is 0.200. The van der Waals surface area contributed by atoms with Crippen LogP contribution in [0.3, 0.4) is 0 Å². The normalized spacial score (nSPS) is 9.80. The van der Waals surface area contributed by atoms with Gasteiger partial charge in [-0.05, 0) is 60.6 Å². The third kappa shape index (κ3) is 5.67. The Morgan fingerprint density at radius 3 is 2.40 bits per heavy atom.